The molecule has 0 aromatic heterocycles. The predicted molar refractivity (Wildman–Crippen MR) is 196 cm³/mol. The van der Waals surface area contributed by atoms with Gasteiger partial charge in [0.15, 0.2) is 5.79 Å². The van der Waals surface area contributed by atoms with Crippen molar-refractivity contribution in [3.8, 4) is 0 Å². The molecule has 4 aliphatic carbocycles. The summed E-state index contributed by atoms with van der Waals surface area (Å²) in [6.45, 7) is 8.65. The fraction of sp³-hybridized carbons (Fsp3) is 0.953. The first-order valence-corrected chi connectivity index (χ1v) is 21.4. The number of hydrogen-bond donors (Lipinski definition) is 0. The van der Waals surface area contributed by atoms with E-state index < -0.39 is 18.0 Å². The van der Waals surface area contributed by atoms with Crippen LogP contribution in [0.4, 0.5) is 0 Å². The molecule has 0 unspecified atom stereocenters. The number of rotatable bonds is 16. The highest BCUT2D eigenvalue weighted by Gasteiger charge is 2.44. The van der Waals surface area contributed by atoms with E-state index in [0.717, 1.165) is 86.9 Å². The quantitative estimate of drug-likeness (QED) is 0.119. The second kappa shape index (κ2) is 19.6. The molecule has 5 rings (SSSR count). The minimum absolute atomic E-state index is 0.01000. The molecule has 1 heterocycles. The van der Waals surface area contributed by atoms with Gasteiger partial charge >= 0.3 is 11.9 Å². The maximum Gasteiger partial charge on any atom is 0.309 e. The number of ether oxygens (including phenoxy) is 4. The average molecular weight is 687 g/mol. The molecule has 0 N–H and O–H groups in total. The van der Waals surface area contributed by atoms with Gasteiger partial charge < -0.3 is 18.9 Å². The Labute approximate surface area is 300 Å². The summed E-state index contributed by atoms with van der Waals surface area (Å²) in [6.07, 6.45) is 29.8. The van der Waals surface area contributed by atoms with E-state index in [-0.39, 0.29) is 37.0 Å². The topological polar surface area (TPSA) is 71.1 Å². The van der Waals surface area contributed by atoms with Crippen LogP contribution in [0.3, 0.4) is 0 Å². The molecule has 6 heteroatoms. The van der Waals surface area contributed by atoms with Gasteiger partial charge in [0, 0.05) is 0 Å². The van der Waals surface area contributed by atoms with Crippen molar-refractivity contribution in [2.45, 2.75) is 200 Å². The van der Waals surface area contributed by atoms with E-state index in [9.17, 15) is 9.59 Å². The Hall–Kier alpha value is -1.14. The number of hydrogen-bond acceptors (Lipinski definition) is 6. The Morgan fingerprint density at radius 1 is 0.510 bits per heavy atom. The molecule has 2 atom stereocenters. The fourth-order valence-electron chi connectivity index (χ4n) is 10.7. The molecule has 0 bridgehead atoms. The Balaban J connectivity index is 0.967. The first-order valence-electron chi connectivity index (χ1n) is 21.4. The molecule has 0 amide bonds. The first-order chi connectivity index (χ1) is 23.7. The van der Waals surface area contributed by atoms with Crippen LogP contribution in [-0.4, -0.2) is 43.1 Å². The largest absolute Gasteiger partial charge is 0.463 e. The summed E-state index contributed by atoms with van der Waals surface area (Å²) >= 11 is 0. The van der Waals surface area contributed by atoms with Crippen molar-refractivity contribution >= 4 is 11.9 Å². The summed E-state index contributed by atoms with van der Waals surface area (Å²) < 4.78 is 24.0. The highest BCUT2D eigenvalue weighted by atomic mass is 16.8. The third kappa shape index (κ3) is 11.9. The van der Waals surface area contributed by atoms with E-state index >= 15 is 0 Å². The van der Waals surface area contributed by atoms with Crippen LogP contribution < -0.4 is 0 Å². The van der Waals surface area contributed by atoms with Gasteiger partial charge in [-0.2, -0.15) is 0 Å². The Morgan fingerprint density at radius 2 is 0.837 bits per heavy atom. The van der Waals surface area contributed by atoms with Crippen LogP contribution in [0, 0.1) is 47.3 Å². The van der Waals surface area contributed by atoms with Gasteiger partial charge in [-0.1, -0.05) is 90.9 Å². The molecule has 5 fully saturated rings. The molecule has 0 spiro atoms. The Kier molecular flexibility index (Phi) is 15.7. The van der Waals surface area contributed by atoms with Crippen LogP contribution in [0.15, 0.2) is 0 Å². The second-order valence-electron chi connectivity index (χ2n) is 17.7. The number of unbranched alkanes of at least 4 members (excludes halogenated alkanes) is 4. The maximum atomic E-state index is 13.2. The van der Waals surface area contributed by atoms with Crippen LogP contribution in [0.2, 0.25) is 0 Å². The van der Waals surface area contributed by atoms with Gasteiger partial charge in [0.2, 0.25) is 0 Å². The van der Waals surface area contributed by atoms with Crippen molar-refractivity contribution < 1.29 is 28.5 Å². The average Bonchev–Trinajstić information content (AvgIpc) is 3.43. The maximum absolute atomic E-state index is 13.2. The Morgan fingerprint density at radius 3 is 1.16 bits per heavy atom. The molecule has 1 saturated heterocycles. The summed E-state index contributed by atoms with van der Waals surface area (Å²) in [4.78, 5) is 26.3. The van der Waals surface area contributed by atoms with Crippen LogP contribution in [-0.2, 0) is 28.5 Å². The van der Waals surface area contributed by atoms with Gasteiger partial charge in [0.05, 0.1) is 11.8 Å². The fourth-order valence-corrected chi connectivity index (χ4v) is 10.7. The van der Waals surface area contributed by atoms with Gasteiger partial charge in [-0.25, -0.2) is 0 Å². The molecule has 1 aliphatic heterocycles. The zero-order valence-electron chi connectivity index (χ0n) is 32.1. The van der Waals surface area contributed by atoms with E-state index in [1.807, 2.05) is 13.8 Å². The van der Waals surface area contributed by atoms with Gasteiger partial charge in [-0.15, -0.1) is 0 Å². The number of carbonyl (C=O) groups is 2. The van der Waals surface area contributed by atoms with E-state index in [1.54, 1.807) is 0 Å². The lowest BCUT2D eigenvalue weighted by Crippen LogP contribution is -2.36. The van der Waals surface area contributed by atoms with E-state index in [4.69, 9.17) is 18.9 Å². The molecule has 282 valence electrons. The molecule has 0 aromatic carbocycles. The smallest absolute Gasteiger partial charge is 0.309 e. The van der Waals surface area contributed by atoms with Crippen molar-refractivity contribution in [1.82, 2.24) is 0 Å². The summed E-state index contributed by atoms with van der Waals surface area (Å²) in [5.74, 6) is 4.17. The SMILES string of the molecule is CCCCCC1CCC(C2CCC(C(=O)OC[C@H]3OC(C)(C)O[C@@H]3COC(=O)C3CCC(C4CCC(CCCCC)CC4)CC3)CC2)CC1. The Bertz CT molecular complexity index is 887. The van der Waals surface area contributed by atoms with Crippen LogP contribution in [0.5, 0.6) is 0 Å². The standard InChI is InChI=1S/C43H74O6/c1-5-7-9-11-31-13-17-33(18-14-31)35-21-25-37(26-22-35)41(44)46-29-39-40(49-43(3,4)48-39)30-47-42(45)38-27-23-36(24-28-38)34-19-15-32(16-20-34)12-10-8-6-2/h31-40H,5-30H2,1-4H3/t31?,32?,33?,34?,35?,36?,37?,38?,39-,40-/m1/s1. The van der Waals surface area contributed by atoms with Crippen LogP contribution in [0.1, 0.15) is 182 Å². The van der Waals surface area contributed by atoms with Gasteiger partial charge in [-0.05, 0) is 126 Å². The summed E-state index contributed by atoms with van der Waals surface area (Å²) in [5.41, 5.74) is 0. The van der Waals surface area contributed by atoms with Crippen molar-refractivity contribution in [3.05, 3.63) is 0 Å². The normalized spacial score (nSPS) is 36.7. The van der Waals surface area contributed by atoms with E-state index in [0.29, 0.717) is 0 Å². The third-order valence-electron chi connectivity index (χ3n) is 13.8. The van der Waals surface area contributed by atoms with Crippen LogP contribution >= 0.6 is 0 Å². The lowest BCUT2D eigenvalue weighted by molar-refractivity contribution is -0.166. The molecule has 4 saturated carbocycles. The number of esters is 2. The van der Waals surface area contributed by atoms with E-state index in [1.165, 1.54) is 103 Å². The first kappa shape index (κ1) is 39.1. The molecule has 6 nitrogen and oxygen atoms in total. The van der Waals surface area contributed by atoms with Crippen molar-refractivity contribution in [3.63, 3.8) is 0 Å². The molecule has 0 radical (unpaired) electrons. The highest BCUT2D eigenvalue weighted by molar-refractivity contribution is 5.73. The second-order valence-corrected chi connectivity index (χ2v) is 17.7. The minimum Gasteiger partial charge on any atom is -0.463 e. The summed E-state index contributed by atoms with van der Waals surface area (Å²) in [6, 6.07) is 0. The third-order valence-corrected chi connectivity index (χ3v) is 13.8. The molecule has 0 aromatic rings. The van der Waals surface area contributed by atoms with E-state index in [2.05, 4.69) is 13.8 Å². The molecule has 5 aliphatic rings. The van der Waals surface area contributed by atoms with Gasteiger partial charge in [0.25, 0.3) is 0 Å². The monoisotopic (exact) mass is 687 g/mol. The zero-order chi connectivity index (χ0) is 34.6. The predicted octanol–water partition coefficient (Wildman–Crippen LogP) is 11.0. The minimum atomic E-state index is -0.797. The molecular formula is C43H74O6. The van der Waals surface area contributed by atoms with Crippen molar-refractivity contribution in [1.29, 1.82) is 0 Å². The summed E-state index contributed by atoms with van der Waals surface area (Å²) in [5, 5.41) is 0. The number of carbonyl (C=O) groups excluding carboxylic acids is 2. The van der Waals surface area contributed by atoms with Gasteiger partial charge in [0.1, 0.15) is 25.4 Å². The lowest BCUT2D eigenvalue weighted by Gasteiger charge is -2.37. The van der Waals surface area contributed by atoms with Crippen molar-refractivity contribution in [2.24, 2.45) is 47.3 Å². The van der Waals surface area contributed by atoms with Crippen molar-refractivity contribution in [2.75, 3.05) is 13.2 Å². The van der Waals surface area contributed by atoms with Crippen LogP contribution in [0.25, 0.3) is 0 Å². The highest BCUT2D eigenvalue weighted by Crippen LogP contribution is 2.44. The summed E-state index contributed by atoms with van der Waals surface area (Å²) in [7, 11) is 0. The molecular weight excluding hydrogens is 612 g/mol. The molecule has 49 heavy (non-hydrogen) atoms. The zero-order valence-corrected chi connectivity index (χ0v) is 32.1. The lowest BCUT2D eigenvalue weighted by atomic mass is 9.68. The van der Waals surface area contributed by atoms with Gasteiger partial charge in [-0.3, -0.25) is 9.59 Å².